The SMILES string of the molecule is Cc1nc(C)c(CC(=O)NC2CCN(CC3CCCO3)CC2)c(=O)[nH]1. The van der Waals surface area contributed by atoms with E-state index in [2.05, 4.69) is 20.2 Å². The maximum absolute atomic E-state index is 12.3. The van der Waals surface area contributed by atoms with Gasteiger partial charge in [-0.15, -0.1) is 0 Å². The van der Waals surface area contributed by atoms with E-state index in [1.807, 2.05) is 0 Å². The van der Waals surface area contributed by atoms with E-state index >= 15 is 0 Å². The summed E-state index contributed by atoms with van der Waals surface area (Å²) in [5, 5.41) is 3.07. The minimum absolute atomic E-state index is 0.0879. The molecule has 3 heterocycles. The van der Waals surface area contributed by atoms with Crippen LogP contribution in [0, 0.1) is 13.8 Å². The van der Waals surface area contributed by atoms with Gasteiger partial charge in [-0.2, -0.15) is 0 Å². The van der Waals surface area contributed by atoms with Gasteiger partial charge in [-0.25, -0.2) is 4.98 Å². The predicted octanol–water partition coefficient (Wildman–Crippen LogP) is 0.689. The summed E-state index contributed by atoms with van der Waals surface area (Å²) in [7, 11) is 0. The van der Waals surface area contributed by atoms with Crippen LogP contribution in [0.15, 0.2) is 4.79 Å². The summed E-state index contributed by atoms with van der Waals surface area (Å²) in [6.07, 6.45) is 4.69. The first-order chi connectivity index (χ1) is 12.0. The van der Waals surface area contributed by atoms with Gasteiger partial charge in [0.1, 0.15) is 5.82 Å². The number of likely N-dealkylation sites (tertiary alicyclic amines) is 1. The van der Waals surface area contributed by atoms with Crippen LogP contribution in [-0.4, -0.2) is 59.2 Å². The van der Waals surface area contributed by atoms with Crippen molar-refractivity contribution in [2.45, 2.75) is 58.1 Å². The first-order valence-corrected chi connectivity index (χ1v) is 9.21. The normalized spacial score (nSPS) is 22.2. The summed E-state index contributed by atoms with van der Waals surface area (Å²) < 4.78 is 5.69. The topological polar surface area (TPSA) is 87.3 Å². The van der Waals surface area contributed by atoms with Gasteiger partial charge in [0.05, 0.1) is 12.5 Å². The molecular formula is C18H28N4O3. The van der Waals surface area contributed by atoms with Gasteiger partial charge in [-0.1, -0.05) is 0 Å². The summed E-state index contributed by atoms with van der Waals surface area (Å²) in [5.41, 5.74) is 0.869. The first-order valence-electron chi connectivity index (χ1n) is 9.21. The van der Waals surface area contributed by atoms with E-state index in [4.69, 9.17) is 4.74 Å². The molecule has 1 aromatic heterocycles. The Kier molecular flexibility index (Phi) is 5.86. The Morgan fingerprint density at radius 3 is 2.72 bits per heavy atom. The zero-order chi connectivity index (χ0) is 17.8. The van der Waals surface area contributed by atoms with Gasteiger partial charge >= 0.3 is 0 Å². The first kappa shape index (κ1) is 18.1. The highest BCUT2D eigenvalue weighted by Gasteiger charge is 2.25. The van der Waals surface area contributed by atoms with Gasteiger partial charge in [-0.3, -0.25) is 9.59 Å². The van der Waals surface area contributed by atoms with E-state index in [0.29, 0.717) is 23.2 Å². The Labute approximate surface area is 148 Å². The minimum atomic E-state index is -0.216. The van der Waals surface area contributed by atoms with Crippen LogP contribution in [-0.2, 0) is 16.0 Å². The van der Waals surface area contributed by atoms with Crippen molar-refractivity contribution < 1.29 is 9.53 Å². The van der Waals surface area contributed by atoms with Crippen LogP contribution < -0.4 is 10.9 Å². The second-order valence-corrected chi connectivity index (χ2v) is 7.17. The summed E-state index contributed by atoms with van der Waals surface area (Å²) in [5.74, 6) is 0.474. The van der Waals surface area contributed by atoms with Gasteiger partial charge in [0.2, 0.25) is 5.91 Å². The number of aromatic nitrogens is 2. The fourth-order valence-electron chi connectivity index (χ4n) is 3.73. The number of hydrogen-bond acceptors (Lipinski definition) is 5. The predicted molar refractivity (Wildman–Crippen MR) is 94.6 cm³/mol. The molecule has 1 amide bonds. The number of carbonyl (C=O) groups is 1. The number of aromatic amines is 1. The Bertz CT molecular complexity index is 659. The Balaban J connectivity index is 1.45. The third-order valence-corrected chi connectivity index (χ3v) is 5.12. The van der Waals surface area contributed by atoms with Crippen LogP contribution in [0.5, 0.6) is 0 Å². The highest BCUT2D eigenvalue weighted by molar-refractivity contribution is 5.79. The van der Waals surface area contributed by atoms with Gasteiger partial charge in [0.25, 0.3) is 5.56 Å². The number of nitrogens with one attached hydrogen (secondary N) is 2. The molecule has 0 spiro atoms. The molecule has 25 heavy (non-hydrogen) atoms. The number of carbonyl (C=O) groups excluding carboxylic acids is 1. The summed E-state index contributed by atoms with van der Waals surface area (Å²) in [4.78, 5) is 33.6. The van der Waals surface area contributed by atoms with Crippen molar-refractivity contribution >= 4 is 5.91 Å². The lowest BCUT2D eigenvalue weighted by atomic mass is 10.0. The molecular weight excluding hydrogens is 320 g/mol. The molecule has 1 atom stereocenters. The number of nitrogens with zero attached hydrogens (tertiary/aromatic N) is 2. The van der Waals surface area contributed by atoms with Crippen molar-refractivity contribution in [2.75, 3.05) is 26.2 Å². The maximum atomic E-state index is 12.3. The van der Waals surface area contributed by atoms with Crippen LogP contribution >= 0.6 is 0 Å². The van der Waals surface area contributed by atoms with Crippen LogP contribution in [0.2, 0.25) is 0 Å². The number of piperidine rings is 1. The standard InChI is InChI=1S/C18H28N4O3/c1-12-16(18(24)20-13(2)19-12)10-17(23)21-14-5-7-22(8-6-14)11-15-4-3-9-25-15/h14-15H,3-11H2,1-2H3,(H,21,23)(H,19,20,24). The van der Waals surface area contributed by atoms with E-state index in [-0.39, 0.29) is 23.9 Å². The number of rotatable bonds is 5. The molecule has 0 aromatic carbocycles. The maximum Gasteiger partial charge on any atom is 0.254 e. The minimum Gasteiger partial charge on any atom is -0.377 e. The van der Waals surface area contributed by atoms with E-state index < -0.39 is 0 Å². The Morgan fingerprint density at radius 1 is 1.32 bits per heavy atom. The average Bonchev–Trinajstić information content (AvgIpc) is 3.06. The smallest absolute Gasteiger partial charge is 0.254 e. The third kappa shape index (κ3) is 4.89. The molecule has 7 heteroatoms. The summed E-state index contributed by atoms with van der Waals surface area (Å²) >= 11 is 0. The second kappa shape index (κ2) is 8.10. The molecule has 1 aromatic rings. The van der Waals surface area contributed by atoms with Gasteiger partial charge < -0.3 is 19.9 Å². The largest absolute Gasteiger partial charge is 0.377 e. The molecule has 0 aliphatic carbocycles. The molecule has 7 nitrogen and oxygen atoms in total. The number of amides is 1. The quantitative estimate of drug-likeness (QED) is 0.817. The Morgan fingerprint density at radius 2 is 2.08 bits per heavy atom. The molecule has 0 saturated carbocycles. The molecule has 138 valence electrons. The fourth-order valence-corrected chi connectivity index (χ4v) is 3.73. The molecule has 3 rings (SSSR count). The number of aryl methyl sites for hydroxylation is 2. The van der Waals surface area contributed by atoms with E-state index in [9.17, 15) is 9.59 Å². The lowest BCUT2D eigenvalue weighted by Crippen LogP contribution is -2.47. The van der Waals surface area contributed by atoms with Gasteiger partial charge in [0, 0.05) is 43.5 Å². The zero-order valence-corrected chi connectivity index (χ0v) is 15.1. The molecule has 2 aliphatic rings. The number of H-pyrrole nitrogens is 1. The van der Waals surface area contributed by atoms with Crippen molar-refractivity contribution in [1.29, 1.82) is 0 Å². The van der Waals surface area contributed by atoms with Crippen molar-refractivity contribution in [3.8, 4) is 0 Å². The number of ether oxygens (including phenoxy) is 1. The molecule has 2 saturated heterocycles. The van der Waals surface area contributed by atoms with Crippen LogP contribution in [0.3, 0.4) is 0 Å². The van der Waals surface area contributed by atoms with Crippen LogP contribution in [0.1, 0.15) is 42.8 Å². The third-order valence-electron chi connectivity index (χ3n) is 5.12. The monoisotopic (exact) mass is 348 g/mol. The molecule has 2 aliphatic heterocycles. The van der Waals surface area contributed by atoms with Crippen molar-refractivity contribution in [2.24, 2.45) is 0 Å². The lowest BCUT2D eigenvalue weighted by molar-refractivity contribution is -0.121. The molecule has 1 unspecified atom stereocenters. The molecule has 0 bridgehead atoms. The van der Waals surface area contributed by atoms with E-state index in [1.54, 1.807) is 13.8 Å². The summed E-state index contributed by atoms with van der Waals surface area (Å²) in [6, 6.07) is 0.186. The molecule has 2 fully saturated rings. The second-order valence-electron chi connectivity index (χ2n) is 7.17. The van der Waals surface area contributed by atoms with Crippen LogP contribution in [0.25, 0.3) is 0 Å². The summed E-state index contributed by atoms with van der Waals surface area (Å²) in [6.45, 7) is 7.37. The van der Waals surface area contributed by atoms with Crippen molar-refractivity contribution in [1.82, 2.24) is 20.2 Å². The highest BCUT2D eigenvalue weighted by atomic mass is 16.5. The highest BCUT2D eigenvalue weighted by Crippen LogP contribution is 2.17. The zero-order valence-electron chi connectivity index (χ0n) is 15.1. The van der Waals surface area contributed by atoms with Crippen molar-refractivity contribution in [3.63, 3.8) is 0 Å². The van der Waals surface area contributed by atoms with Crippen LogP contribution in [0.4, 0.5) is 0 Å². The Hall–Kier alpha value is -1.73. The van der Waals surface area contributed by atoms with Crippen molar-refractivity contribution in [3.05, 3.63) is 27.4 Å². The molecule has 2 N–H and O–H groups in total. The average molecular weight is 348 g/mol. The fraction of sp³-hybridized carbons (Fsp3) is 0.722. The van der Waals surface area contributed by atoms with E-state index in [1.165, 1.54) is 6.42 Å². The number of hydrogen-bond donors (Lipinski definition) is 2. The van der Waals surface area contributed by atoms with Gasteiger partial charge in [0.15, 0.2) is 0 Å². The molecule has 0 radical (unpaired) electrons. The van der Waals surface area contributed by atoms with E-state index in [0.717, 1.165) is 45.5 Å². The van der Waals surface area contributed by atoms with Gasteiger partial charge in [-0.05, 0) is 39.5 Å². The lowest BCUT2D eigenvalue weighted by Gasteiger charge is -2.33.